The van der Waals surface area contributed by atoms with Crippen molar-refractivity contribution in [3.8, 4) is 11.5 Å². The van der Waals surface area contributed by atoms with E-state index in [1.54, 1.807) is 7.11 Å². The molecule has 0 saturated heterocycles. The Morgan fingerprint density at radius 3 is 2.58 bits per heavy atom. The summed E-state index contributed by atoms with van der Waals surface area (Å²) >= 11 is 0. The number of aliphatic imine (C=N–C) groups is 1. The number of carbonyl (C=O) groups is 2. The molecule has 4 rings (SSSR count). The van der Waals surface area contributed by atoms with Crippen molar-refractivity contribution in [3.63, 3.8) is 0 Å². The Balaban J connectivity index is 1.74. The van der Waals surface area contributed by atoms with Gasteiger partial charge in [-0.3, -0.25) is 9.79 Å². The number of nitrogens with zero attached hydrogens (tertiary/aromatic N) is 1. The normalized spacial score (nSPS) is 20.1. The number of allylic oxidation sites excluding steroid dienone is 1. The van der Waals surface area contributed by atoms with Gasteiger partial charge in [0.05, 0.1) is 25.2 Å². The second-order valence-corrected chi connectivity index (χ2v) is 8.28. The number of ether oxygens (including phenoxy) is 3. The monoisotopic (exact) mass is 447 g/mol. The topological polar surface area (TPSA) is 74.2 Å². The number of Topliss-reactive ketones (excluding diaryl/α,β-unsaturated/α-hetero) is 1. The Morgan fingerprint density at radius 1 is 1.06 bits per heavy atom. The number of methoxy groups -OCH3 is 1. The van der Waals surface area contributed by atoms with E-state index in [-0.39, 0.29) is 12.4 Å². The van der Waals surface area contributed by atoms with Crippen molar-refractivity contribution in [2.75, 3.05) is 13.7 Å². The van der Waals surface area contributed by atoms with E-state index in [1.807, 2.05) is 62.4 Å². The Labute approximate surface area is 194 Å². The van der Waals surface area contributed by atoms with Crippen LogP contribution in [0.3, 0.4) is 0 Å². The number of rotatable bonds is 7. The first-order chi connectivity index (χ1) is 16.0. The fourth-order valence-corrected chi connectivity index (χ4v) is 4.70. The van der Waals surface area contributed by atoms with E-state index < -0.39 is 17.8 Å². The molecule has 1 heterocycles. The van der Waals surface area contributed by atoms with Crippen LogP contribution in [0.5, 0.6) is 11.5 Å². The zero-order valence-electron chi connectivity index (χ0n) is 19.3. The molecule has 1 saturated carbocycles. The molecule has 1 fully saturated rings. The third-order valence-corrected chi connectivity index (χ3v) is 6.19. The predicted molar refractivity (Wildman–Crippen MR) is 126 cm³/mol. The summed E-state index contributed by atoms with van der Waals surface area (Å²) < 4.78 is 16.9. The van der Waals surface area contributed by atoms with E-state index in [2.05, 4.69) is 0 Å². The van der Waals surface area contributed by atoms with Crippen LogP contribution in [0, 0.1) is 5.92 Å². The van der Waals surface area contributed by atoms with E-state index >= 15 is 0 Å². The van der Waals surface area contributed by atoms with Crippen LogP contribution in [0.1, 0.15) is 50.2 Å². The van der Waals surface area contributed by atoms with E-state index in [4.69, 9.17) is 19.2 Å². The summed E-state index contributed by atoms with van der Waals surface area (Å²) in [7, 11) is 1.58. The maximum absolute atomic E-state index is 13.4. The summed E-state index contributed by atoms with van der Waals surface area (Å²) in [5, 5.41) is 0. The van der Waals surface area contributed by atoms with Crippen LogP contribution >= 0.6 is 0 Å². The number of carbonyl (C=O) groups excluding carboxylic acids is 2. The molecule has 33 heavy (non-hydrogen) atoms. The molecule has 2 aliphatic rings. The average molecular weight is 448 g/mol. The van der Waals surface area contributed by atoms with Crippen molar-refractivity contribution < 1.29 is 23.8 Å². The zero-order valence-corrected chi connectivity index (χ0v) is 19.3. The molecule has 0 spiro atoms. The van der Waals surface area contributed by atoms with Gasteiger partial charge in [-0.1, -0.05) is 36.4 Å². The lowest BCUT2D eigenvalue weighted by molar-refractivity contribution is -0.140. The van der Waals surface area contributed by atoms with Gasteiger partial charge < -0.3 is 14.2 Å². The molecule has 2 atom stereocenters. The lowest BCUT2D eigenvalue weighted by Crippen LogP contribution is -2.39. The van der Waals surface area contributed by atoms with Gasteiger partial charge >= 0.3 is 5.97 Å². The number of hydrogen-bond donors (Lipinski definition) is 0. The third kappa shape index (κ3) is 4.70. The molecule has 2 aromatic carbocycles. The molecule has 0 amide bonds. The molecule has 0 aromatic heterocycles. The minimum Gasteiger partial charge on any atom is -0.493 e. The van der Waals surface area contributed by atoms with Crippen LogP contribution < -0.4 is 9.47 Å². The molecule has 1 unspecified atom stereocenters. The molecule has 0 radical (unpaired) electrons. The van der Waals surface area contributed by atoms with E-state index in [0.29, 0.717) is 35.8 Å². The maximum Gasteiger partial charge on any atom is 0.336 e. The number of ketones is 1. The minimum absolute atomic E-state index is 0.110. The van der Waals surface area contributed by atoms with E-state index in [1.165, 1.54) is 0 Å². The molecule has 6 nitrogen and oxygen atoms in total. The van der Waals surface area contributed by atoms with Gasteiger partial charge in [0.25, 0.3) is 0 Å². The molecule has 1 aliphatic carbocycles. The Bertz CT molecular complexity index is 1100. The Morgan fingerprint density at radius 2 is 1.85 bits per heavy atom. The van der Waals surface area contributed by atoms with Crippen molar-refractivity contribution in [2.24, 2.45) is 10.9 Å². The Kier molecular flexibility index (Phi) is 6.92. The molecule has 172 valence electrons. The number of hydrogen-bond acceptors (Lipinski definition) is 6. The first kappa shape index (κ1) is 22.8. The fourth-order valence-electron chi connectivity index (χ4n) is 4.70. The van der Waals surface area contributed by atoms with Crippen LogP contribution in [0.2, 0.25) is 0 Å². The van der Waals surface area contributed by atoms with Crippen molar-refractivity contribution >= 4 is 17.5 Å². The van der Waals surface area contributed by atoms with Gasteiger partial charge in [-0.25, -0.2) is 4.79 Å². The summed E-state index contributed by atoms with van der Waals surface area (Å²) in [5.41, 5.74) is 3.60. The molecule has 1 aliphatic heterocycles. The SMILES string of the molecule is CCOc1ccc([C@@H]2C(C(=O)OCc3ccccc3)=C(C)N=C3CCCC(=O)C32)cc1OC. The lowest BCUT2D eigenvalue weighted by atomic mass is 9.69. The highest BCUT2D eigenvalue weighted by Crippen LogP contribution is 2.45. The number of fused-ring (bicyclic) bond motifs is 1. The molecule has 0 bridgehead atoms. The van der Waals surface area contributed by atoms with Crippen LogP contribution in [0.25, 0.3) is 0 Å². The fraction of sp³-hybridized carbons (Fsp3) is 0.370. The van der Waals surface area contributed by atoms with Crippen molar-refractivity contribution in [1.29, 1.82) is 0 Å². The Hall–Kier alpha value is -3.41. The van der Waals surface area contributed by atoms with Crippen LogP contribution in [-0.2, 0) is 20.9 Å². The summed E-state index contributed by atoms with van der Waals surface area (Å²) in [4.78, 5) is 31.1. The maximum atomic E-state index is 13.4. The summed E-state index contributed by atoms with van der Waals surface area (Å²) in [6.45, 7) is 4.39. The molecule has 0 N–H and O–H groups in total. The van der Waals surface area contributed by atoms with Crippen molar-refractivity contribution in [1.82, 2.24) is 0 Å². The van der Waals surface area contributed by atoms with Gasteiger partial charge in [0.1, 0.15) is 12.4 Å². The average Bonchev–Trinajstić information content (AvgIpc) is 2.83. The minimum atomic E-state index is -0.474. The number of esters is 1. The summed E-state index contributed by atoms with van der Waals surface area (Å²) in [5.74, 6) is -0.0923. The largest absolute Gasteiger partial charge is 0.493 e. The summed E-state index contributed by atoms with van der Waals surface area (Å²) in [6.07, 6.45) is 2.03. The van der Waals surface area contributed by atoms with Crippen molar-refractivity contribution in [3.05, 3.63) is 70.9 Å². The molecule has 6 heteroatoms. The first-order valence-corrected chi connectivity index (χ1v) is 11.4. The smallest absolute Gasteiger partial charge is 0.336 e. The first-order valence-electron chi connectivity index (χ1n) is 11.4. The van der Waals surface area contributed by atoms with Gasteiger partial charge in [0.2, 0.25) is 0 Å². The van der Waals surface area contributed by atoms with Crippen molar-refractivity contribution in [2.45, 2.75) is 45.6 Å². The van der Waals surface area contributed by atoms with Gasteiger partial charge in [-0.15, -0.1) is 0 Å². The lowest BCUT2D eigenvalue weighted by Gasteiger charge is -2.35. The molecular weight excluding hydrogens is 418 g/mol. The van der Waals surface area contributed by atoms with E-state index in [0.717, 1.165) is 29.7 Å². The zero-order chi connectivity index (χ0) is 23.4. The standard InChI is InChI=1S/C27H29NO5/c1-4-32-22-14-13-19(15-23(22)31-3)25-24(27(30)33-16-18-9-6-5-7-10-18)17(2)28-20-11-8-12-21(29)26(20)25/h5-7,9-10,13-15,25-26H,4,8,11-12,16H2,1-3H3/t25-,26?/m1/s1. The highest BCUT2D eigenvalue weighted by molar-refractivity contribution is 6.11. The molecule has 2 aromatic rings. The second-order valence-electron chi connectivity index (χ2n) is 8.28. The number of benzene rings is 2. The van der Waals surface area contributed by atoms with Crippen LogP contribution in [0.4, 0.5) is 0 Å². The van der Waals surface area contributed by atoms with Gasteiger partial charge in [-0.05, 0) is 49.9 Å². The third-order valence-electron chi connectivity index (χ3n) is 6.19. The van der Waals surface area contributed by atoms with Gasteiger partial charge in [-0.2, -0.15) is 0 Å². The van der Waals surface area contributed by atoms with Crippen LogP contribution in [0.15, 0.2) is 64.8 Å². The second kappa shape index (κ2) is 10.0. The van der Waals surface area contributed by atoms with Gasteiger partial charge in [0, 0.05) is 23.7 Å². The van der Waals surface area contributed by atoms with Gasteiger partial charge in [0.15, 0.2) is 11.5 Å². The van der Waals surface area contributed by atoms with Crippen LogP contribution in [-0.4, -0.2) is 31.2 Å². The predicted octanol–water partition coefficient (Wildman–Crippen LogP) is 5.02. The molecular formula is C27H29NO5. The van der Waals surface area contributed by atoms with E-state index in [9.17, 15) is 9.59 Å². The highest BCUT2D eigenvalue weighted by Gasteiger charge is 2.44. The highest BCUT2D eigenvalue weighted by atomic mass is 16.5. The summed E-state index contributed by atoms with van der Waals surface area (Å²) in [6, 6.07) is 15.1. The quantitative estimate of drug-likeness (QED) is 0.557.